The quantitative estimate of drug-likeness (QED) is 0.591. The molecule has 0 aliphatic heterocycles. The molecule has 0 saturated heterocycles. The highest BCUT2D eigenvalue weighted by Crippen LogP contribution is 2.19. The Balaban J connectivity index is 2.69. The monoisotopic (exact) mass is 355 g/mol. The molecular formula is C16H22ClN3O4. The van der Waals surface area contributed by atoms with Crippen LogP contribution in [0, 0.1) is 13.8 Å². The van der Waals surface area contributed by atoms with Crippen molar-refractivity contribution in [3.05, 3.63) is 28.0 Å². The summed E-state index contributed by atoms with van der Waals surface area (Å²) in [6.45, 7) is 7.28. The summed E-state index contributed by atoms with van der Waals surface area (Å²) in [5, 5.41) is 2.65. The third-order valence-corrected chi connectivity index (χ3v) is 3.55. The number of aryl methyl sites for hydroxylation is 2. The third-order valence-electron chi connectivity index (χ3n) is 3.27. The van der Waals surface area contributed by atoms with Gasteiger partial charge in [-0.05, 0) is 39.3 Å². The Morgan fingerprint density at radius 1 is 1.29 bits per heavy atom. The standard InChI is InChI=1S/C16H22ClN3O4/c1-5-18-12(21)8-20(6-2)13(22)9-24-16(23)14-10(3)7-11(4)19-15(14)17/h7H,5-6,8-9H2,1-4H3,(H,18,21). The number of carbonyl (C=O) groups is 3. The Morgan fingerprint density at radius 3 is 2.50 bits per heavy atom. The number of aromatic nitrogens is 1. The molecule has 1 aromatic rings. The number of halogens is 1. The van der Waals surface area contributed by atoms with Crippen molar-refractivity contribution in [3.63, 3.8) is 0 Å². The normalized spacial score (nSPS) is 10.2. The van der Waals surface area contributed by atoms with E-state index in [0.29, 0.717) is 24.3 Å². The number of nitrogens with zero attached hydrogens (tertiary/aromatic N) is 2. The van der Waals surface area contributed by atoms with E-state index in [1.54, 1.807) is 33.8 Å². The van der Waals surface area contributed by atoms with Gasteiger partial charge >= 0.3 is 5.97 Å². The maximum absolute atomic E-state index is 12.1. The van der Waals surface area contributed by atoms with Gasteiger partial charge in [0.2, 0.25) is 5.91 Å². The minimum Gasteiger partial charge on any atom is -0.452 e. The molecule has 0 aliphatic rings. The van der Waals surface area contributed by atoms with E-state index in [0.717, 1.165) is 0 Å². The number of nitrogens with one attached hydrogen (secondary N) is 1. The smallest absolute Gasteiger partial charge is 0.342 e. The second-order valence-corrected chi connectivity index (χ2v) is 5.54. The number of ether oxygens (including phenoxy) is 1. The summed E-state index contributed by atoms with van der Waals surface area (Å²) in [7, 11) is 0. The zero-order chi connectivity index (χ0) is 18.3. The van der Waals surface area contributed by atoms with E-state index in [-0.39, 0.29) is 23.2 Å². The zero-order valence-electron chi connectivity index (χ0n) is 14.3. The predicted molar refractivity (Wildman–Crippen MR) is 89.9 cm³/mol. The van der Waals surface area contributed by atoms with E-state index in [1.165, 1.54) is 4.90 Å². The van der Waals surface area contributed by atoms with Crippen molar-refractivity contribution in [2.45, 2.75) is 27.7 Å². The molecule has 0 saturated carbocycles. The first-order valence-corrected chi connectivity index (χ1v) is 8.03. The highest BCUT2D eigenvalue weighted by molar-refractivity contribution is 6.32. The van der Waals surface area contributed by atoms with Crippen LogP contribution in [0.1, 0.15) is 35.5 Å². The van der Waals surface area contributed by atoms with Crippen molar-refractivity contribution in [2.24, 2.45) is 0 Å². The van der Waals surface area contributed by atoms with Crippen molar-refractivity contribution < 1.29 is 19.1 Å². The fourth-order valence-corrected chi connectivity index (χ4v) is 2.49. The van der Waals surface area contributed by atoms with E-state index in [9.17, 15) is 14.4 Å². The lowest BCUT2D eigenvalue weighted by Crippen LogP contribution is -2.42. The Morgan fingerprint density at radius 2 is 1.96 bits per heavy atom. The summed E-state index contributed by atoms with van der Waals surface area (Å²) in [6.07, 6.45) is 0. The molecule has 0 atom stereocenters. The number of rotatable bonds is 7. The molecule has 2 amide bonds. The fraction of sp³-hybridized carbons (Fsp3) is 0.500. The van der Waals surface area contributed by atoms with Crippen LogP contribution in [0.15, 0.2) is 6.07 Å². The SMILES string of the molecule is CCNC(=O)CN(CC)C(=O)COC(=O)c1c(C)cc(C)nc1Cl. The van der Waals surface area contributed by atoms with Crippen LogP contribution in [0.4, 0.5) is 0 Å². The topological polar surface area (TPSA) is 88.6 Å². The van der Waals surface area contributed by atoms with Crippen LogP contribution in [-0.4, -0.2) is 53.9 Å². The highest BCUT2D eigenvalue weighted by atomic mass is 35.5. The van der Waals surface area contributed by atoms with E-state index in [4.69, 9.17) is 16.3 Å². The summed E-state index contributed by atoms with van der Waals surface area (Å²) >= 11 is 5.98. The van der Waals surface area contributed by atoms with Crippen molar-refractivity contribution in [2.75, 3.05) is 26.2 Å². The Bertz CT molecular complexity index is 611. The van der Waals surface area contributed by atoms with Crippen molar-refractivity contribution >= 4 is 29.4 Å². The van der Waals surface area contributed by atoms with E-state index >= 15 is 0 Å². The summed E-state index contributed by atoms with van der Waals surface area (Å²) < 4.78 is 5.03. The molecule has 132 valence electrons. The van der Waals surface area contributed by atoms with Crippen LogP contribution in [0.5, 0.6) is 0 Å². The Hall–Kier alpha value is -2.15. The molecule has 7 nitrogen and oxygen atoms in total. The van der Waals surface area contributed by atoms with Crippen molar-refractivity contribution in [1.29, 1.82) is 0 Å². The van der Waals surface area contributed by atoms with Gasteiger partial charge in [0, 0.05) is 18.8 Å². The minimum atomic E-state index is -0.715. The van der Waals surface area contributed by atoms with Crippen LogP contribution in [0.25, 0.3) is 0 Å². The number of carbonyl (C=O) groups excluding carboxylic acids is 3. The van der Waals surface area contributed by atoms with Crippen LogP contribution in [-0.2, 0) is 14.3 Å². The molecule has 0 aliphatic carbocycles. The van der Waals surface area contributed by atoms with E-state index in [1.807, 2.05) is 0 Å². The summed E-state index contributed by atoms with van der Waals surface area (Å²) in [6, 6.07) is 1.71. The van der Waals surface area contributed by atoms with Crippen LogP contribution < -0.4 is 5.32 Å². The van der Waals surface area contributed by atoms with Gasteiger partial charge in [-0.25, -0.2) is 9.78 Å². The number of likely N-dealkylation sites (N-methyl/N-ethyl adjacent to an activating group) is 2. The van der Waals surface area contributed by atoms with Gasteiger partial charge in [-0.3, -0.25) is 9.59 Å². The number of amides is 2. The maximum Gasteiger partial charge on any atom is 0.342 e. The molecule has 1 aromatic heterocycles. The Labute approximate surface area is 146 Å². The van der Waals surface area contributed by atoms with Gasteiger partial charge in [-0.15, -0.1) is 0 Å². The molecule has 0 bridgehead atoms. The second kappa shape index (κ2) is 9.22. The van der Waals surface area contributed by atoms with Crippen LogP contribution in [0.3, 0.4) is 0 Å². The second-order valence-electron chi connectivity index (χ2n) is 5.18. The molecule has 0 unspecified atom stereocenters. The molecule has 1 N–H and O–H groups in total. The van der Waals surface area contributed by atoms with Gasteiger partial charge < -0.3 is 15.0 Å². The van der Waals surface area contributed by atoms with Gasteiger partial charge in [-0.1, -0.05) is 11.6 Å². The van der Waals surface area contributed by atoms with Crippen molar-refractivity contribution in [3.8, 4) is 0 Å². The molecule has 0 spiro atoms. The molecular weight excluding hydrogens is 334 g/mol. The van der Waals surface area contributed by atoms with Gasteiger partial charge in [-0.2, -0.15) is 0 Å². The van der Waals surface area contributed by atoms with E-state index in [2.05, 4.69) is 10.3 Å². The van der Waals surface area contributed by atoms with Crippen LogP contribution >= 0.6 is 11.6 Å². The Kier molecular flexibility index (Phi) is 7.64. The largest absolute Gasteiger partial charge is 0.452 e. The molecule has 1 rings (SSSR count). The average molecular weight is 356 g/mol. The summed E-state index contributed by atoms with van der Waals surface area (Å²) in [4.78, 5) is 41.1. The first-order valence-electron chi connectivity index (χ1n) is 7.65. The molecule has 0 fully saturated rings. The van der Waals surface area contributed by atoms with Gasteiger partial charge in [0.15, 0.2) is 6.61 Å². The van der Waals surface area contributed by atoms with Crippen molar-refractivity contribution in [1.82, 2.24) is 15.2 Å². The molecule has 1 heterocycles. The third kappa shape index (κ3) is 5.49. The predicted octanol–water partition coefficient (Wildman–Crippen LogP) is 1.49. The van der Waals surface area contributed by atoms with Gasteiger partial charge in [0.25, 0.3) is 5.91 Å². The first kappa shape index (κ1) is 19.9. The molecule has 0 radical (unpaired) electrons. The lowest BCUT2D eigenvalue weighted by molar-refractivity contribution is -0.138. The lowest BCUT2D eigenvalue weighted by atomic mass is 10.1. The van der Waals surface area contributed by atoms with Gasteiger partial charge in [0.05, 0.1) is 12.1 Å². The minimum absolute atomic E-state index is 0.0413. The van der Waals surface area contributed by atoms with Crippen LogP contribution in [0.2, 0.25) is 5.15 Å². The molecule has 0 aromatic carbocycles. The molecule has 24 heavy (non-hydrogen) atoms. The van der Waals surface area contributed by atoms with E-state index < -0.39 is 18.5 Å². The zero-order valence-corrected chi connectivity index (χ0v) is 15.1. The average Bonchev–Trinajstić information content (AvgIpc) is 2.49. The first-order chi connectivity index (χ1) is 11.3. The highest BCUT2D eigenvalue weighted by Gasteiger charge is 2.21. The fourth-order valence-electron chi connectivity index (χ4n) is 2.13. The lowest BCUT2D eigenvalue weighted by Gasteiger charge is -2.20. The summed E-state index contributed by atoms with van der Waals surface area (Å²) in [5.41, 5.74) is 1.45. The maximum atomic E-state index is 12.1. The van der Waals surface area contributed by atoms with Gasteiger partial charge in [0.1, 0.15) is 5.15 Å². The number of hydrogen-bond acceptors (Lipinski definition) is 5. The number of pyridine rings is 1. The number of esters is 1. The molecule has 8 heteroatoms. The number of hydrogen-bond donors (Lipinski definition) is 1. The summed E-state index contributed by atoms with van der Waals surface area (Å²) in [5.74, 6) is -1.43.